The number of urea groups is 1. The lowest BCUT2D eigenvalue weighted by molar-refractivity contribution is -0.134. The van der Waals surface area contributed by atoms with Gasteiger partial charge in [0, 0.05) is 19.9 Å². The summed E-state index contributed by atoms with van der Waals surface area (Å²) in [4.78, 5) is 31.2. The van der Waals surface area contributed by atoms with Gasteiger partial charge in [-0.1, -0.05) is 24.3 Å². The van der Waals surface area contributed by atoms with Crippen molar-refractivity contribution in [3.05, 3.63) is 35.4 Å². The van der Waals surface area contributed by atoms with Crippen LogP contribution >= 0.6 is 0 Å². The van der Waals surface area contributed by atoms with Crippen LogP contribution in [-0.2, 0) is 22.6 Å². The third kappa shape index (κ3) is 5.07. The molecule has 7 heteroatoms. The number of carboxylic acid groups (broad SMARTS) is 1. The highest BCUT2D eigenvalue weighted by atomic mass is 16.4. The van der Waals surface area contributed by atoms with Crippen LogP contribution in [0, 0.1) is 0 Å². The van der Waals surface area contributed by atoms with E-state index in [2.05, 4.69) is 10.6 Å². The van der Waals surface area contributed by atoms with Crippen LogP contribution in [0.3, 0.4) is 0 Å². The van der Waals surface area contributed by atoms with Crippen LogP contribution in [0.5, 0.6) is 0 Å². The van der Waals surface area contributed by atoms with Gasteiger partial charge in [0.05, 0.1) is 0 Å². The molecule has 1 aromatic rings. The van der Waals surface area contributed by atoms with Gasteiger partial charge in [0.25, 0.3) is 11.9 Å². The first-order valence-electron chi connectivity index (χ1n) is 6.01. The Morgan fingerprint density at radius 2 is 1.95 bits per heavy atom. The van der Waals surface area contributed by atoms with E-state index in [4.69, 9.17) is 15.6 Å². The first-order chi connectivity index (χ1) is 9.42. The lowest BCUT2D eigenvalue weighted by Gasteiger charge is -2.08. The molecule has 7 nitrogen and oxygen atoms in total. The Hall–Kier alpha value is -2.41. The van der Waals surface area contributed by atoms with Crippen molar-refractivity contribution in [2.45, 2.75) is 25.9 Å². The Kier molecular flexibility index (Phi) is 5.67. The molecule has 108 valence electrons. The first-order valence-corrected chi connectivity index (χ1v) is 6.01. The zero-order valence-electron chi connectivity index (χ0n) is 11.1. The Bertz CT molecular complexity index is 512. The smallest absolute Gasteiger partial charge is 0.322 e. The minimum Gasteiger partial charge on any atom is -0.481 e. The number of benzene rings is 1. The van der Waals surface area contributed by atoms with Gasteiger partial charge in [0.1, 0.15) is 6.04 Å². The molecule has 1 fully saturated rings. The lowest BCUT2D eigenvalue weighted by atomic mass is 10.0. The highest BCUT2D eigenvalue weighted by Crippen LogP contribution is 2.09. The zero-order valence-corrected chi connectivity index (χ0v) is 11.1. The SMILES string of the molecule is CC(=O)O.NCc1cccc(CC2NC(=O)NC2=O)c1. The molecule has 0 aromatic heterocycles. The number of hydrogen-bond donors (Lipinski definition) is 4. The predicted octanol–water partition coefficient (Wildman–Crippen LogP) is -0.0133. The highest BCUT2D eigenvalue weighted by molar-refractivity contribution is 6.04. The molecular weight excluding hydrogens is 262 g/mol. The zero-order chi connectivity index (χ0) is 15.1. The average Bonchev–Trinajstić information content (AvgIpc) is 2.67. The van der Waals surface area contributed by atoms with Crippen molar-refractivity contribution < 1.29 is 19.5 Å². The molecule has 0 bridgehead atoms. The molecule has 0 saturated carbocycles. The number of hydrogen-bond acceptors (Lipinski definition) is 4. The van der Waals surface area contributed by atoms with E-state index in [1.807, 2.05) is 24.3 Å². The summed E-state index contributed by atoms with van der Waals surface area (Å²) in [5, 5.41) is 12.2. The molecular formula is C13H17N3O4. The number of carboxylic acids is 1. The normalized spacial score (nSPS) is 16.8. The molecule has 1 aliphatic rings. The Morgan fingerprint density at radius 3 is 2.45 bits per heavy atom. The van der Waals surface area contributed by atoms with Crippen molar-refractivity contribution in [3.63, 3.8) is 0 Å². The lowest BCUT2D eigenvalue weighted by Crippen LogP contribution is -2.31. The topological polar surface area (TPSA) is 122 Å². The van der Waals surface area contributed by atoms with E-state index >= 15 is 0 Å². The number of imide groups is 1. The quantitative estimate of drug-likeness (QED) is 0.580. The second-order valence-corrected chi connectivity index (χ2v) is 4.26. The monoisotopic (exact) mass is 279 g/mol. The second-order valence-electron chi connectivity index (χ2n) is 4.26. The van der Waals surface area contributed by atoms with Gasteiger partial charge in [0.2, 0.25) is 0 Å². The van der Waals surface area contributed by atoms with Gasteiger partial charge in [0.15, 0.2) is 0 Å². The molecule has 1 aliphatic heterocycles. The highest BCUT2D eigenvalue weighted by Gasteiger charge is 2.29. The maximum atomic E-state index is 11.3. The van der Waals surface area contributed by atoms with E-state index < -0.39 is 18.0 Å². The molecule has 1 heterocycles. The van der Waals surface area contributed by atoms with Crippen LogP contribution in [0.1, 0.15) is 18.1 Å². The van der Waals surface area contributed by atoms with Crippen molar-refractivity contribution in [1.29, 1.82) is 0 Å². The van der Waals surface area contributed by atoms with E-state index in [0.717, 1.165) is 18.1 Å². The Balaban J connectivity index is 0.000000444. The maximum Gasteiger partial charge on any atom is 0.322 e. The van der Waals surface area contributed by atoms with Gasteiger partial charge < -0.3 is 16.2 Å². The Labute approximate surface area is 116 Å². The van der Waals surface area contributed by atoms with Gasteiger partial charge in [-0.15, -0.1) is 0 Å². The van der Waals surface area contributed by atoms with Crippen molar-refractivity contribution in [2.75, 3.05) is 0 Å². The third-order valence-corrected chi connectivity index (χ3v) is 2.53. The number of carbonyl (C=O) groups is 3. The largest absolute Gasteiger partial charge is 0.481 e. The molecule has 2 rings (SSSR count). The van der Waals surface area contributed by atoms with Gasteiger partial charge in [-0.3, -0.25) is 14.9 Å². The molecule has 1 saturated heterocycles. The minimum absolute atomic E-state index is 0.275. The summed E-state index contributed by atoms with van der Waals surface area (Å²) in [5.41, 5.74) is 7.53. The standard InChI is InChI=1S/C11H13N3O2.C2H4O2/c12-6-8-3-1-2-7(4-8)5-9-10(15)14-11(16)13-9;1-2(3)4/h1-4,9H,5-6,12H2,(H2,13,14,15,16);1H3,(H,3,4). The summed E-state index contributed by atoms with van der Waals surface area (Å²) < 4.78 is 0. The molecule has 0 radical (unpaired) electrons. The minimum atomic E-state index is -0.833. The van der Waals surface area contributed by atoms with E-state index in [1.54, 1.807) is 0 Å². The molecule has 0 spiro atoms. The molecule has 20 heavy (non-hydrogen) atoms. The van der Waals surface area contributed by atoms with Crippen LogP contribution in [0.15, 0.2) is 24.3 Å². The summed E-state index contributed by atoms with van der Waals surface area (Å²) in [6.45, 7) is 1.55. The summed E-state index contributed by atoms with van der Waals surface area (Å²) in [7, 11) is 0. The van der Waals surface area contributed by atoms with Crippen LogP contribution < -0.4 is 16.4 Å². The fourth-order valence-electron chi connectivity index (χ4n) is 1.72. The van der Waals surface area contributed by atoms with Crippen molar-refractivity contribution in [1.82, 2.24) is 10.6 Å². The molecule has 1 aromatic carbocycles. The van der Waals surface area contributed by atoms with E-state index in [9.17, 15) is 9.59 Å². The fraction of sp³-hybridized carbons (Fsp3) is 0.308. The van der Waals surface area contributed by atoms with E-state index in [1.165, 1.54) is 0 Å². The molecule has 5 N–H and O–H groups in total. The summed E-state index contributed by atoms with van der Waals surface area (Å²) in [6.07, 6.45) is 0.491. The number of rotatable bonds is 3. The van der Waals surface area contributed by atoms with Gasteiger partial charge >= 0.3 is 6.03 Å². The molecule has 1 atom stereocenters. The number of aliphatic carboxylic acids is 1. The summed E-state index contributed by atoms with van der Waals surface area (Å²) >= 11 is 0. The van der Waals surface area contributed by atoms with Gasteiger partial charge in [-0.2, -0.15) is 0 Å². The van der Waals surface area contributed by atoms with Crippen LogP contribution in [-0.4, -0.2) is 29.1 Å². The van der Waals surface area contributed by atoms with E-state index in [-0.39, 0.29) is 5.91 Å². The first kappa shape index (κ1) is 15.6. The third-order valence-electron chi connectivity index (χ3n) is 2.53. The summed E-state index contributed by atoms with van der Waals surface area (Å²) in [6, 6.07) is 6.78. The van der Waals surface area contributed by atoms with Crippen molar-refractivity contribution in [2.24, 2.45) is 5.73 Å². The fourth-order valence-corrected chi connectivity index (χ4v) is 1.72. The predicted molar refractivity (Wildman–Crippen MR) is 71.8 cm³/mol. The van der Waals surface area contributed by atoms with Crippen LogP contribution in [0.2, 0.25) is 0 Å². The molecule has 3 amide bonds. The number of amides is 3. The van der Waals surface area contributed by atoms with Crippen molar-refractivity contribution in [3.8, 4) is 0 Å². The molecule has 0 aliphatic carbocycles. The number of nitrogens with two attached hydrogens (primary N) is 1. The van der Waals surface area contributed by atoms with Gasteiger partial charge in [-0.25, -0.2) is 4.79 Å². The number of carbonyl (C=O) groups excluding carboxylic acids is 2. The molecule has 1 unspecified atom stereocenters. The van der Waals surface area contributed by atoms with Crippen LogP contribution in [0.4, 0.5) is 4.79 Å². The summed E-state index contributed by atoms with van der Waals surface area (Å²) in [5.74, 6) is -1.11. The van der Waals surface area contributed by atoms with Crippen LogP contribution in [0.25, 0.3) is 0 Å². The maximum absolute atomic E-state index is 11.3. The Morgan fingerprint density at radius 1 is 1.35 bits per heavy atom. The second kappa shape index (κ2) is 7.25. The van der Waals surface area contributed by atoms with Crippen molar-refractivity contribution >= 4 is 17.9 Å². The van der Waals surface area contributed by atoms with Gasteiger partial charge in [-0.05, 0) is 11.1 Å². The van der Waals surface area contributed by atoms with E-state index in [0.29, 0.717) is 13.0 Å². The number of nitrogens with one attached hydrogen (secondary N) is 2. The average molecular weight is 279 g/mol.